The SMILES string of the molecule is CC1CCCC(c2noc(-c3ccccc3C(=O)O)n2)C1. The van der Waals surface area contributed by atoms with Gasteiger partial charge in [-0.05, 0) is 30.9 Å². The summed E-state index contributed by atoms with van der Waals surface area (Å²) in [6, 6.07) is 6.70. The van der Waals surface area contributed by atoms with Crippen molar-refractivity contribution in [1.29, 1.82) is 0 Å². The molecule has 0 saturated heterocycles. The Hall–Kier alpha value is -2.17. The van der Waals surface area contributed by atoms with Crippen LogP contribution >= 0.6 is 0 Å². The van der Waals surface area contributed by atoms with Crippen LogP contribution < -0.4 is 0 Å². The molecular formula is C16H18N2O3. The standard InChI is InChI=1S/C16H18N2O3/c1-10-5-4-6-11(9-10)14-17-15(21-18-14)12-7-2-3-8-13(12)16(19)20/h2-3,7-8,10-11H,4-6,9H2,1H3,(H,19,20). The maximum Gasteiger partial charge on any atom is 0.336 e. The van der Waals surface area contributed by atoms with Crippen molar-refractivity contribution in [3.8, 4) is 11.5 Å². The molecule has 1 N–H and O–H groups in total. The van der Waals surface area contributed by atoms with Gasteiger partial charge in [0.2, 0.25) is 0 Å². The molecule has 0 bridgehead atoms. The van der Waals surface area contributed by atoms with Gasteiger partial charge in [-0.15, -0.1) is 0 Å². The summed E-state index contributed by atoms with van der Waals surface area (Å²) < 4.78 is 5.31. The Labute approximate surface area is 123 Å². The Kier molecular flexibility index (Phi) is 3.73. The molecule has 3 rings (SSSR count). The Morgan fingerprint density at radius 3 is 2.90 bits per heavy atom. The third kappa shape index (κ3) is 2.82. The van der Waals surface area contributed by atoms with Gasteiger partial charge in [-0.3, -0.25) is 0 Å². The van der Waals surface area contributed by atoms with Crippen molar-refractivity contribution in [2.24, 2.45) is 5.92 Å². The van der Waals surface area contributed by atoms with Gasteiger partial charge in [-0.1, -0.05) is 37.1 Å². The fraction of sp³-hybridized carbons (Fsp3) is 0.438. The van der Waals surface area contributed by atoms with Crippen LogP contribution in [0.25, 0.3) is 11.5 Å². The van der Waals surface area contributed by atoms with Gasteiger partial charge in [-0.2, -0.15) is 4.98 Å². The molecule has 1 fully saturated rings. The molecule has 21 heavy (non-hydrogen) atoms. The molecule has 1 aliphatic rings. The molecule has 5 heteroatoms. The molecule has 110 valence electrons. The van der Waals surface area contributed by atoms with Crippen molar-refractivity contribution in [1.82, 2.24) is 10.1 Å². The van der Waals surface area contributed by atoms with Crippen molar-refractivity contribution in [3.05, 3.63) is 35.7 Å². The van der Waals surface area contributed by atoms with E-state index in [1.165, 1.54) is 12.8 Å². The average Bonchev–Trinajstić information content (AvgIpc) is 2.97. The molecule has 2 atom stereocenters. The highest BCUT2D eigenvalue weighted by Crippen LogP contribution is 2.35. The number of rotatable bonds is 3. The number of hydrogen-bond donors (Lipinski definition) is 1. The van der Waals surface area contributed by atoms with Crippen molar-refractivity contribution in [2.45, 2.75) is 38.5 Å². The highest BCUT2D eigenvalue weighted by molar-refractivity contribution is 5.94. The number of hydrogen-bond acceptors (Lipinski definition) is 4. The van der Waals surface area contributed by atoms with Crippen LogP contribution in [0.15, 0.2) is 28.8 Å². The first-order chi connectivity index (χ1) is 10.1. The van der Waals surface area contributed by atoms with Crippen molar-refractivity contribution in [2.75, 3.05) is 0 Å². The third-order valence-electron chi connectivity index (χ3n) is 4.13. The second-order valence-electron chi connectivity index (χ2n) is 5.78. The molecule has 1 aliphatic carbocycles. The highest BCUT2D eigenvalue weighted by Gasteiger charge is 2.25. The normalized spacial score (nSPS) is 22.1. The van der Waals surface area contributed by atoms with Gasteiger partial charge in [0.05, 0.1) is 11.1 Å². The molecule has 2 unspecified atom stereocenters. The molecule has 1 saturated carbocycles. The summed E-state index contributed by atoms with van der Waals surface area (Å²) in [7, 11) is 0. The van der Waals surface area contributed by atoms with Gasteiger partial charge in [0.1, 0.15) is 0 Å². The summed E-state index contributed by atoms with van der Waals surface area (Å²) in [4.78, 5) is 15.7. The summed E-state index contributed by atoms with van der Waals surface area (Å²) in [5.41, 5.74) is 0.664. The number of benzene rings is 1. The van der Waals surface area contributed by atoms with Crippen LogP contribution in [0.2, 0.25) is 0 Å². The summed E-state index contributed by atoms with van der Waals surface area (Å²) in [6.07, 6.45) is 4.58. The van der Waals surface area contributed by atoms with E-state index in [4.69, 9.17) is 4.52 Å². The highest BCUT2D eigenvalue weighted by atomic mass is 16.5. The Balaban J connectivity index is 1.90. The zero-order chi connectivity index (χ0) is 14.8. The quantitative estimate of drug-likeness (QED) is 0.930. The van der Waals surface area contributed by atoms with Crippen LogP contribution in [0.3, 0.4) is 0 Å². The molecule has 1 aromatic heterocycles. The van der Waals surface area contributed by atoms with Crippen LogP contribution in [0.5, 0.6) is 0 Å². The third-order valence-corrected chi connectivity index (χ3v) is 4.13. The average molecular weight is 286 g/mol. The van der Waals surface area contributed by atoms with Crippen LogP contribution in [-0.4, -0.2) is 21.2 Å². The van der Waals surface area contributed by atoms with Crippen LogP contribution in [0.1, 0.15) is 54.7 Å². The first-order valence-electron chi connectivity index (χ1n) is 7.31. The van der Waals surface area contributed by atoms with E-state index in [0.29, 0.717) is 29.1 Å². The molecule has 0 aliphatic heterocycles. The van der Waals surface area contributed by atoms with Gasteiger partial charge in [-0.25, -0.2) is 4.79 Å². The second-order valence-corrected chi connectivity index (χ2v) is 5.78. The number of nitrogens with zero attached hydrogens (tertiary/aromatic N) is 2. The molecule has 0 spiro atoms. The van der Waals surface area contributed by atoms with Gasteiger partial charge in [0.25, 0.3) is 5.89 Å². The summed E-state index contributed by atoms with van der Waals surface area (Å²) >= 11 is 0. The van der Waals surface area contributed by atoms with E-state index in [9.17, 15) is 9.90 Å². The molecule has 0 amide bonds. The zero-order valence-corrected chi connectivity index (χ0v) is 12.0. The van der Waals surface area contributed by atoms with E-state index in [1.807, 2.05) is 0 Å². The lowest BCUT2D eigenvalue weighted by Crippen LogP contribution is -2.12. The van der Waals surface area contributed by atoms with E-state index in [1.54, 1.807) is 24.3 Å². The van der Waals surface area contributed by atoms with Crippen molar-refractivity contribution < 1.29 is 14.4 Å². The maximum absolute atomic E-state index is 11.3. The first-order valence-corrected chi connectivity index (χ1v) is 7.31. The van der Waals surface area contributed by atoms with E-state index < -0.39 is 5.97 Å². The molecule has 2 aromatic rings. The number of carboxylic acids is 1. The fourth-order valence-corrected chi connectivity index (χ4v) is 3.03. The smallest absolute Gasteiger partial charge is 0.336 e. The van der Waals surface area contributed by atoms with Crippen LogP contribution in [0.4, 0.5) is 0 Å². The summed E-state index contributed by atoms with van der Waals surface area (Å²) in [5, 5.41) is 13.3. The fourth-order valence-electron chi connectivity index (χ4n) is 3.03. The molecule has 1 heterocycles. The Morgan fingerprint density at radius 2 is 2.14 bits per heavy atom. The predicted octanol–water partition coefficient (Wildman–Crippen LogP) is 3.73. The van der Waals surface area contributed by atoms with E-state index in [-0.39, 0.29) is 5.56 Å². The number of aromatic nitrogens is 2. The predicted molar refractivity (Wildman–Crippen MR) is 77.1 cm³/mol. The Bertz CT molecular complexity index is 650. The molecular weight excluding hydrogens is 268 g/mol. The number of carboxylic acid groups (broad SMARTS) is 1. The van der Waals surface area contributed by atoms with Crippen molar-refractivity contribution in [3.63, 3.8) is 0 Å². The summed E-state index contributed by atoms with van der Waals surface area (Å²) in [6.45, 7) is 2.24. The van der Waals surface area contributed by atoms with Crippen molar-refractivity contribution >= 4 is 5.97 Å². The van der Waals surface area contributed by atoms with Gasteiger partial charge in [0.15, 0.2) is 5.82 Å². The minimum Gasteiger partial charge on any atom is -0.478 e. The van der Waals surface area contributed by atoms with Gasteiger partial charge in [0, 0.05) is 5.92 Å². The van der Waals surface area contributed by atoms with E-state index >= 15 is 0 Å². The maximum atomic E-state index is 11.3. The lowest BCUT2D eigenvalue weighted by Gasteiger charge is -2.23. The Morgan fingerprint density at radius 1 is 1.33 bits per heavy atom. The lowest BCUT2D eigenvalue weighted by molar-refractivity contribution is 0.0697. The van der Waals surface area contributed by atoms with Gasteiger partial charge < -0.3 is 9.63 Å². The first kappa shape index (κ1) is 13.8. The second kappa shape index (κ2) is 5.68. The van der Waals surface area contributed by atoms with E-state index in [0.717, 1.165) is 12.8 Å². The largest absolute Gasteiger partial charge is 0.478 e. The zero-order valence-electron chi connectivity index (χ0n) is 12.0. The minimum atomic E-state index is -0.989. The van der Waals surface area contributed by atoms with Crippen LogP contribution in [0, 0.1) is 5.92 Å². The molecule has 0 radical (unpaired) electrons. The van der Waals surface area contributed by atoms with Crippen LogP contribution in [-0.2, 0) is 0 Å². The summed E-state index contributed by atoms with van der Waals surface area (Å²) in [5.74, 6) is 1.01. The molecule has 5 nitrogen and oxygen atoms in total. The number of carbonyl (C=O) groups is 1. The number of aromatic carboxylic acids is 1. The molecule has 1 aromatic carbocycles. The minimum absolute atomic E-state index is 0.185. The lowest BCUT2D eigenvalue weighted by atomic mass is 9.82. The monoisotopic (exact) mass is 286 g/mol. The van der Waals surface area contributed by atoms with Gasteiger partial charge >= 0.3 is 5.97 Å². The van der Waals surface area contributed by atoms with E-state index in [2.05, 4.69) is 17.1 Å². The topological polar surface area (TPSA) is 76.2 Å².